The maximum absolute atomic E-state index is 11.9. The highest BCUT2D eigenvalue weighted by Crippen LogP contribution is 2.31. The Hall–Kier alpha value is -2.20. The summed E-state index contributed by atoms with van der Waals surface area (Å²) in [5.41, 5.74) is 0. The van der Waals surface area contributed by atoms with Crippen LogP contribution in [-0.2, 0) is 6.18 Å². The topological polar surface area (TPSA) is 113 Å². The molecule has 0 saturated carbocycles. The van der Waals surface area contributed by atoms with Gasteiger partial charge in [-0.05, 0) is 4.92 Å². The number of halogens is 3. The van der Waals surface area contributed by atoms with Crippen LogP contribution >= 0.6 is 0 Å². The summed E-state index contributed by atoms with van der Waals surface area (Å²) < 4.78 is 35.8. The molecule has 0 aliphatic carbocycles. The molecule has 1 rings (SSSR count). The van der Waals surface area contributed by atoms with Gasteiger partial charge in [-0.25, -0.2) is 0 Å². The lowest BCUT2D eigenvalue weighted by molar-refractivity contribution is -0.427. The van der Waals surface area contributed by atoms with Crippen molar-refractivity contribution in [2.45, 2.75) is 6.18 Å². The van der Waals surface area contributed by atoms with Crippen molar-refractivity contribution in [1.29, 1.82) is 0 Å². The van der Waals surface area contributed by atoms with E-state index < -0.39 is 33.5 Å². The molecule has 11 heteroatoms. The molecule has 0 aromatic carbocycles. The van der Waals surface area contributed by atoms with Gasteiger partial charge in [-0.2, -0.15) is 28.1 Å². The zero-order valence-electron chi connectivity index (χ0n) is 6.56. The van der Waals surface area contributed by atoms with Crippen LogP contribution in [0.15, 0.2) is 0 Å². The predicted octanol–water partition coefficient (Wildman–Crippen LogP) is 0.874. The number of hydrogen-bond donors (Lipinski definition) is 0. The summed E-state index contributed by atoms with van der Waals surface area (Å²) in [5.74, 6) is -4.94. The third kappa shape index (κ3) is 2.00. The molecule has 0 aliphatic heterocycles. The van der Waals surface area contributed by atoms with Crippen molar-refractivity contribution < 1.29 is 23.0 Å². The molecule has 82 valence electrons. The summed E-state index contributed by atoms with van der Waals surface area (Å²) in [6.07, 6.45) is -5.06. The van der Waals surface area contributed by atoms with E-state index in [0.29, 0.717) is 0 Å². The Labute approximate surface area is 78.0 Å². The van der Waals surface area contributed by atoms with Crippen LogP contribution in [0.3, 0.4) is 0 Å². The van der Waals surface area contributed by atoms with Gasteiger partial charge >= 0.3 is 12.0 Å². The molecule has 1 aromatic heterocycles. The molecule has 0 saturated heterocycles. The highest BCUT2D eigenvalue weighted by Gasteiger charge is 2.38. The minimum Gasteiger partial charge on any atom is -0.459 e. The molecule has 1 aromatic rings. The van der Waals surface area contributed by atoms with Crippen LogP contribution in [-0.4, -0.2) is 14.8 Å². The summed E-state index contributed by atoms with van der Waals surface area (Å²) in [6, 6.07) is 0. The Morgan fingerprint density at radius 3 is 2.00 bits per heavy atom. The van der Waals surface area contributed by atoms with E-state index in [-0.39, 0.29) is 0 Å². The number of alkyl halides is 3. The van der Waals surface area contributed by atoms with Crippen molar-refractivity contribution in [3.05, 3.63) is 26.1 Å². The van der Waals surface area contributed by atoms with Crippen LogP contribution in [0.4, 0.5) is 24.8 Å². The zero-order valence-corrected chi connectivity index (χ0v) is 6.56. The second-order valence-electron chi connectivity index (χ2n) is 2.21. The van der Waals surface area contributed by atoms with Crippen LogP contribution < -0.4 is 4.98 Å². The minimum atomic E-state index is -5.06. The van der Waals surface area contributed by atoms with E-state index in [1.54, 1.807) is 0 Å². The van der Waals surface area contributed by atoms with Gasteiger partial charge in [0.05, 0.1) is 0 Å². The average Bonchev–Trinajstić information content (AvgIpc) is 2.45. The van der Waals surface area contributed by atoms with Gasteiger partial charge in [0, 0.05) is 0 Å². The monoisotopic (exact) mass is 225 g/mol. The Balaban J connectivity index is 3.34. The first-order chi connectivity index (χ1) is 6.73. The number of rotatable bonds is 2. The molecule has 0 bridgehead atoms. The van der Waals surface area contributed by atoms with Gasteiger partial charge in [-0.1, -0.05) is 0 Å². The highest BCUT2D eigenvalue weighted by atomic mass is 19.4. The summed E-state index contributed by atoms with van der Waals surface area (Å²) in [5, 5.41) is 20.2. The fourth-order valence-electron chi connectivity index (χ4n) is 0.697. The van der Waals surface area contributed by atoms with Gasteiger partial charge in [0.1, 0.15) is 0 Å². The average molecular weight is 225 g/mol. The molecule has 1 heterocycles. The first kappa shape index (κ1) is 10.9. The van der Waals surface area contributed by atoms with Crippen LogP contribution in [0.1, 0.15) is 5.82 Å². The molecule has 15 heavy (non-hydrogen) atoms. The molecule has 0 spiro atoms. The van der Waals surface area contributed by atoms with E-state index in [1.165, 1.54) is 0 Å². The SMILES string of the molecule is O=[N+]([O-])c1nc(C(F)(F)F)[n-]c1[N+](=O)[O-]. The van der Waals surface area contributed by atoms with Crippen molar-refractivity contribution in [2.24, 2.45) is 0 Å². The lowest BCUT2D eigenvalue weighted by Crippen LogP contribution is -2.08. The van der Waals surface area contributed by atoms with Gasteiger partial charge in [-0.3, -0.25) is 0 Å². The fraction of sp³-hybridized carbons (Fsp3) is 0.250. The molecule has 8 nitrogen and oxygen atoms in total. The molecule has 0 N–H and O–H groups in total. The maximum atomic E-state index is 11.9. The second-order valence-corrected chi connectivity index (χ2v) is 2.21. The van der Waals surface area contributed by atoms with Crippen molar-refractivity contribution >= 4 is 11.6 Å². The summed E-state index contributed by atoms with van der Waals surface area (Å²) in [6.45, 7) is 0. The lowest BCUT2D eigenvalue weighted by Gasteiger charge is -2.01. The van der Waals surface area contributed by atoms with E-state index in [2.05, 4.69) is 9.97 Å². The quantitative estimate of drug-likeness (QED) is 0.544. The third-order valence-corrected chi connectivity index (χ3v) is 1.22. The molecule has 0 fully saturated rings. The molecule has 0 radical (unpaired) electrons. The first-order valence-corrected chi connectivity index (χ1v) is 3.14. The number of aromatic nitrogens is 2. The van der Waals surface area contributed by atoms with Crippen molar-refractivity contribution in [1.82, 2.24) is 9.97 Å². The maximum Gasteiger partial charge on any atom is 0.451 e. The van der Waals surface area contributed by atoms with Crippen molar-refractivity contribution in [3.8, 4) is 0 Å². The van der Waals surface area contributed by atoms with Gasteiger partial charge in [-0.15, -0.1) is 0 Å². The van der Waals surface area contributed by atoms with Gasteiger partial charge in [0.25, 0.3) is 0 Å². The summed E-state index contributed by atoms with van der Waals surface area (Å²) in [4.78, 5) is 22.2. The summed E-state index contributed by atoms with van der Waals surface area (Å²) >= 11 is 0. The molecule has 0 unspecified atom stereocenters. The molecule has 0 amide bonds. The van der Waals surface area contributed by atoms with E-state index in [4.69, 9.17) is 0 Å². The lowest BCUT2D eigenvalue weighted by atomic mass is 10.6. The van der Waals surface area contributed by atoms with Gasteiger partial charge in [0.2, 0.25) is 11.6 Å². The third-order valence-electron chi connectivity index (χ3n) is 1.22. The Morgan fingerprint density at radius 1 is 1.20 bits per heavy atom. The molecular formula is C4F3N4O4-. The summed E-state index contributed by atoms with van der Waals surface area (Å²) in [7, 11) is 0. The van der Waals surface area contributed by atoms with Gasteiger partial charge < -0.3 is 20.2 Å². The number of imidazole rings is 1. The standard InChI is InChI=1S/C4F3N4O4/c5-4(6,7)3-8-1(10(12)13)2(9-3)11(14)15/q-1. The first-order valence-electron chi connectivity index (χ1n) is 3.14. The second kappa shape index (κ2) is 3.18. The molecule has 0 atom stereocenters. The molecular weight excluding hydrogens is 225 g/mol. The van der Waals surface area contributed by atoms with E-state index in [0.717, 1.165) is 0 Å². The van der Waals surface area contributed by atoms with Crippen molar-refractivity contribution in [2.75, 3.05) is 0 Å². The van der Waals surface area contributed by atoms with Gasteiger partial charge in [0.15, 0.2) is 0 Å². The fourth-order valence-corrected chi connectivity index (χ4v) is 0.697. The normalized spacial score (nSPS) is 11.4. The number of nitro groups is 2. The van der Waals surface area contributed by atoms with E-state index >= 15 is 0 Å². The number of hydrogen-bond acceptors (Lipinski definition) is 5. The number of nitrogens with zero attached hydrogens (tertiary/aromatic N) is 4. The minimum absolute atomic E-state index is 1.40. The highest BCUT2D eigenvalue weighted by molar-refractivity contribution is 5.41. The van der Waals surface area contributed by atoms with Crippen LogP contribution in [0.25, 0.3) is 0 Å². The van der Waals surface area contributed by atoms with E-state index in [9.17, 15) is 33.4 Å². The smallest absolute Gasteiger partial charge is 0.451 e. The van der Waals surface area contributed by atoms with Crippen LogP contribution in [0.5, 0.6) is 0 Å². The van der Waals surface area contributed by atoms with Crippen molar-refractivity contribution in [3.63, 3.8) is 0 Å². The molecule has 0 aliphatic rings. The largest absolute Gasteiger partial charge is 0.459 e. The van der Waals surface area contributed by atoms with Crippen LogP contribution in [0.2, 0.25) is 0 Å². The van der Waals surface area contributed by atoms with E-state index in [1.807, 2.05) is 0 Å². The predicted molar refractivity (Wildman–Crippen MR) is 35.9 cm³/mol. The van der Waals surface area contributed by atoms with Crippen LogP contribution in [0, 0.1) is 20.2 Å². The Kier molecular flexibility index (Phi) is 2.31. The Morgan fingerprint density at radius 2 is 1.73 bits per heavy atom. The zero-order chi connectivity index (χ0) is 11.8. The Bertz CT molecular complexity index is 393.